The first kappa shape index (κ1) is 23.0. The van der Waals surface area contributed by atoms with E-state index in [1.54, 1.807) is 20.9 Å². The molecule has 2 atom stereocenters. The van der Waals surface area contributed by atoms with Gasteiger partial charge < -0.3 is 10.1 Å². The molecule has 0 saturated carbocycles. The molecule has 174 valence electrons. The Morgan fingerprint density at radius 2 is 1.97 bits per heavy atom. The lowest BCUT2D eigenvalue weighted by molar-refractivity contribution is -0.141. The van der Waals surface area contributed by atoms with Crippen LogP contribution in [0.4, 0.5) is 18.9 Å². The molecule has 1 aliphatic carbocycles. The average Bonchev–Trinajstić information content (AvgIpc) is 3.10. The molecule has 1 aliphatic rings. The van der Waals surface area contributed by atoms with Gasteiger partial charge in [-0.2, -0.15) is 13.2 Å². The number of ether oxygens (including phenoxy) is 1. The van der Waals surface area contributed by atoms with E-state index in [-0.39, 0.29) is 23.5 Å². The first-order chi connectivity index (χ1) is 15.6. The molecule has 1 unspecified atom stereocenters. The minimum Gasteiger partial charge on any atom is -0.376 e. The van der Waals surface area contributed by atoms with Crippen LogP contribution < -0.4 is 10.9 Å². The summed E-state index contributed by atoms with van der Waals surface area (Å²) in [5.74, 6) is 0.259. The van der Waals surface area contributed by atoms with Crippen LogP contribution in [0.15, 0.2) is 41.3 Å². The van der Waals surface area contributed by atoms with E-state index in [2.05, 4.69) is 21.4 Å². The van der Waals surface area contributed by atoms with Crippen molar-refractivity contribution in [2.45, 2.75) is 45.5 Å². The van der Waals surface area contributed by atoms with Gasteiger partial charge in [-0.15, -0.1) is 0 Å². The third-order valence-corrected chi connectivity index (χ3v) is 5.98. The monoisotopic (exact) mass is 458 g/mol. The van der Waals surface area contributed by atoms with E-state index in [4.69, 9.17) is 4.74 Å². The lowest BCUT2D eigenvalue weighted by atomic mass is 10.1. The Kier molecular flexibility index (Phi) is 6.00. The molecule has 4 rings (SSSR count). The van der Waals surface area contributed by atoms with Crippen LogP contribution in [0.25, 0.3) is 11.4 Å². The number of fused-ring (bicyclic) bond motifs is 1. The zero-order valence-electron chi connectivity index (χ0n) is 18.8. The summed E-state index contributed by atoms with van der Waals surface area (Å²) in [5, 5.41) is 3.35. The fraction of sp³-hybridized carbons (Fsp3) is 0.375. The Morgan fingerprint density at radius 1 is 1.24 bits per heavy atom. The van der Waals surface area contributed by atoms with E-state index in [1.807, 2.05) is 25.1 Å². The van der Waals surface area contributed by atoms with E-state index in [1.165, 1.54) is 10.1 Å². The van der Waals surface area contributed by atoms with Crippen molar-refractivity contribution >= 4 is 5.69 Å². The van der Waals surface area contributed by atoms with Crippen LogP contribution in [-0.2, 0) is 24.4 Å². The van der Waals surface area contributed by atoms with Gasteiger partial charge in [0.1, 0.15) is 17.2 Å². The van der Waals surface area contributed by atoms with Crippen molar-refractivity contribution in [2.75, 3.05) is 11.9 Å². The maximum Gasteiger partial charge on any atom is 0.433 e. The van der Waals surface area contributed by atoms with Gasteiger partial charge in [0.2, 0.25) is 0 Å². The highest BCUT2D eigenvalue weighted by Crippen LogP contribution is 2.36. The molecule has 6 nitrogen and oxygen atoms in total. The Bertz CT molecular complexity index is 1250. The Morgan fingerprint density at radius 3 is 2.64 bits per heavy atom. The maximum atomic E-state index is 13.3. The van der Waals surface area contributed by atoms with E-state index in [9.17, 15) is 18.0 Å². The molecule has 0 aliphatic heterocycles. The molecule has 1 aromatic carbocycles. The van der Waals surface area contributed by atoms with Crippen LogP contribution in [0, 0.1) is 13.8 Å². The average molecular weight is 458 g/mol. The minimum absolute atomic E-state index is 0.127. The number of halogens is 3. The largest absolute Gasteiger partial charge is 0.433 e. The van der Waals surface area contributed by atoms with Gasteiger partial charge in [-0.1, -0.05) is 24.3 Å². The maximum absolute atomic E-state index is 13.3. The number of nitrogens with one attached hydrogen (secondary N) is 1. The molecule has 2 aromatic heterocycles. The van der Waals surface area contributed by atoms with Crippen molar-refractivity contribution in [3.63, 3.8) is 0 Å². The van der Waals surface area contributed by atoms with Gasteiger partial charge in [-0.3, -0.25) is 14.3 Å². The van der Waals surface area contributed by atoms with Crippen molar-refractivity contribution in [3.8, 4) is 11.4 Å². The fourth-order valence-electron chi connectivity index (χ4n) is 4.31. The number of hydrogen-bond acceptors (Lipinski definition) is 5. The zero-order valence-corrected chi connectivity index (χ0v) is 18.8. The number of hydrogen-bond donors (Lipinski definition) is 1. The second-order valence-electron chi connectivity index (χ2n) is 8.16. The van der Waals surface area contributed by atoms with Gasteiger partial charge in [0.15, 0.2) is 0 Å². The molecule has 0 saturated heterocycles. The second-order valence-corrected chi connectivity index (χ2v) is 8.16. The summed E-state index contributed by atoms with van der Waals surface area (Å²) in [5.41, 5.74) is 2.43. The molecule has 0 spiro atoms. The summed E-state index contributed by atoms with van der Waals surface area (Å²) in [4.78, 5) is 21.4. The Hall–Kier alpha value is -3.20. The van der Waals surface area contributed by atoms with Gasteiger partial charge in [0.25, 0.3) is 5.56 Å². The number of anilines is 1. The second kappa shape index (κ2) is 8.62. The summed E-state index contributed by atoms with van der Waals surface area (Å²) >= 11 is 0. The molecular weight excluding hydrogens is 433 g/mol. The molecule has 0 fully saturated rings. The van der Waals surface area contributed by atoms with Crippen molar-refractivity contribution in [1.29, 1.82) is 0 Å². The molecule has 0 radical (unpaired) electrons. The standard InChI is InChI=1S/C24H25F3N4O2/c1-5-33-18-11-15-8-6-7-9-16(15)21(18)30-20-14(3)29-22(31(4)23(20)32)17-12-28-19(10-13(17)2)24(25,26)27/h6-10,12,18,21,30H,5,11H2,1-4H3/t18-,21?/m0/s1. The van der Waals surface area contributed by atoms with Crippen molar-refractivity contribution in [2.24, 2.45) is 7.05 Å². The van der Waals surface area contributed by atoms with Crippen molar-refractivity contribution in [1.82, 2.24) is 14.5 Å². The van der Waals surface area contributed by atoms with E-state index < -0.39 is 11.9 Å². The molecule has 1 N–H and O–H groups in total. The molecule has 0 amide bonds. The summed E-state index contributed by atoms with van der Waals surface area (Å²) in [7, 11) is 1.55. The molecular formula is C24H25F3N4O2. The summed E-state index contributed by atoms with van der Waals surface area (Å²) in [6, 6.07) is 8.75. The quantitative estimate of drug-likeness (QED) is 0.606. The number of rotatable bonds is 5. The third-order valence-electron chi connectivity index (χ3n) is 5.98. The summed E-state index contributed by atoms with van der Waals surface area (Å²) in [6.07, 6.45) is -2.81. The Balaban J connectivity index is 1.73. The first-order valence-electron chi connectivity index (χ1n) is 10.7. The topological polar surface area (TPSA) is 69.0 Å². The minimum atomic E-state index is -4.54. The molecule has 3 aromatic rings. The van der Waals surface area contributed by atoms with Gasteiger partial charge in [-0.25, -0.2) is 4.98 Å². The number of aromatic nitrogens is 3. The van der Waals surface area contributed by atoms with Gasteiger partial charge in [-0.05, 0) is 43.5 Å². The highest BCUT2D eigenvalue weighted by atomic mass is 19.4. The Labute approximate surface area is 189 Å². The predicted octanol–water partition coefficient (Wildman–Crippen LogP) is 4.59. The van der Waals surface area contributed by atoms with Crippen LogP contribution >= 0.6 is 0 Å². The molecule has 0 bridgehead atoms. The summed E-state index contributed by atoms with van der Waals surface area (Å²) in [6.45, 7) is 5.73. The lowest BCUT2D eigenvalue weighted by Crippen LogP contribution is -2.31. The van der Waals surface area contributed by atoms with Crippen molar-refractivity contribution < 1.29 is 17.9 Å². The van der Waals surface area contributed by atoms with Crippen LogP contribution in [0.5, 0.6) is 0 Å². The number of benzene rings is 1. The zero-order chi connectivity index (χ0) is 23.9. The number of alkyl halides is 3. The first-order valence-corrected chi connectivity index (χ1v) is 10.7. The van der Waals surface area contributed by atoms with Crippen molar-refractivity contribution in [3.05, 3.63) is 75.0 Å². The van der Waals surface area contributed by atoms with Crippen LogP contribution in [0.2, 0.25) is 0 Å². The summed E-state index contributed by atoms with van der Waals surface area (Å²) < 4.78 is 46.3. The van der Waals surface area contributed by atoms with Crippen LogP contribution in [-0.4, -0.2) is 27.2 Å². The number of nitrogens with zero attached hydrogens (tertiary/aromatic N) is 3. The van der Waals surface area contributed by atoms with Gasteiger partial charge >= 0.3 is 6.18 Å². The third kappa shape index (κ3) is 4.25. The lowest BCUT2D eigenvalue weighted by Gasteiger charge is -2.24. The number of aryl methyl sites for hydroxylation is 2. The smallest absolute Gasteiger partial charge is 0.376 e. The van der Waals surface area contributed by atoms with Crippen LogP contribution in [0.1, 0.15) is 41.0 Å². The number of pyridine rings is 1. The SMILES string of the molecule is CCO[C@H]1Cc2ccccc2C1Nc1c(C)nc(-c2cnc(C(F)(F)F)cc2C)n(C)c1=O. The molecule has 2 heterocycles. The highest BCUT2D eigenvalue weighted by Gasteiger charge is 2.35. The normalized spacial score (nSPS) is 17.8. The highest BCUT2D eigenvalue weighted by molar-refractivity contribution is 5.62. The van der Waals surface area contributed by atoms with Gasteiger partial charge in [0.05, 0.1) is 17.8 Å². The molecule has 9 heteroatoms. The van der Waals surface area contributed by atoms with E-state index in [0.29, 0.717) is 29.1 Å². The van der Waals surface area contributed by atoms with Gasteiger partial charge in [0, 0.05) is 31.8 Å². The van der Waals surface area contributed by atoms with Crippen LogP contribution in [0.3, 0.4) is 0 Å². The molecule has 33 heavy (non-hydrogen) atoms. The fourth-order valence-corrected chi connectivity index (χ4v) is 4.31. The predicted molar refractivity (Wildman–Crippen MR) is 119 cm³/mol. The van der Waals surface area contributed by atoms with E-state index >= 15 is 0 Å². The van der Waals surface area contributed by atoms with E-state index in [0.717, 1.165) is 24.2 Å².